The summed E-state index contributed by atoms with van der Waals surface area (Å²) in [6.45, 7) is 2.48. The largest absolute Gasteiger partial charge is 0.494 e. The van der Waals surface area contributed by atoms with Gasteiger partial charge in [0.05, 0.1) is 49.6 Å². The fourth-order valence-corrected chi connectivity index (χ4v) is 5.49. The molecule has 38 heavy (non-hydrogen) atoms. The van der Waals surface area contributed by atoms with E-state index in [9.17, 15) is 9.59 Å². The number of hydrogen-bond acceptors (Lipinski definition) is 9. The molecule has 1 N–H and O–H groups in total. The number of nitrogens with one attached hydrogen (secondary N) is 1. The average Bonchev–Trinajstić information content (AvgIpc) is 3.47. The first kappa shape index (κ1) is 26.0. The van der Waals surface area contributed by atoms with E-state index in [1.165, 1.54) is 38.0 Å². The number of methoxy groups -OCH3 is 2. The number of halogens is 2. The number of aromatic nitrogens is 4. The highest BCUT2D eigenvalue weighted by Gasteiger charge is 2.31. The number of aryl methyl sites for hydroxylation is 1. The fraction of sp³-hybridized carbons (Fsp3) is 0.200. The highest BCUT2D eigenvalue weighted by atomic mass is 79.9. The van der Waals surface area contributed by atoms with E-state index in [2.05, 4.69) is 41.2 Å². The molecular formula is C25H20BrClN6O4S. The van der Waals surface area contributed by atoms with Crippen LogP contribution in [0, 0.1) is 6.92 Å². The molecule has 0 fully saturated rings. The van der Waals surface area contributed by atoms with Crippen LogP contribution >= 0.6 is 38.9 Å². The van der Waals surface area contributed by atoms with Crippen LogP contribution < -0.4 is 14.8 Å². The van der Waals surface area contributed by atoms with Crippen LogP contribution in [0.15, 0.2) is 41.3 Å². The zero-order chi connectivity index (χ0) is 27.0. The Morgan fingerprint density at radius 2 is 1.82 bits per heavy atom. The number of ether oxygens (including phenoxy) is 2. The van der Waals surface area contributed by atoms with Crippen molar-refractivity contribution < 1.29 is 19.1 Å². The smallest absolute Gasteiger partial charge is 0.276 e. The number of thiazole rings is 1. The molecule has 4 aromatic rings. The van der Waals surface area contributed by atoms with Crippen molar-refractivity contribution in [3.63, 3.8) is 0 Å². The number of amides is 2. The van der Waals surface area contributed by atoms with Gasteiger partial charge in [-0.1, -0.05) is 22.9 Å². The predicted octanol–water partition coefficient (Wildman–Crippen LogP) is 5.14. The summed E-state index contributed by atoms with van der Waals surface area (Å²) in [5, 5.41) is 3.57. The molecule has 0 aromatic carbocycles. The van der Waals surface area contributed by atoms with Gasteiger partial charge in [0, 0.05) is 33.7 Å². The molecule has 1 aliphatic heterocycles. The Morgan fingerprint density at radius 1 is 1.03 bits per heavy atom. The number of rotatable bonds is 6. The van der Waals surface area contributed by atoms with Gasteiger partial charge in [-0.25, -0.2) is 15.0 Å². The lowest BCUT2D eigenvalue weighted by Gasteiger charge is -2.16. The number of carbonyl (C=O) groups is 2. The third kappa shape index (κ3) is 5.06. The predicted molar refractivity (Wildman–Crippen MR) is 146 cm³/mol. The van der Waals surface area contributed by atoms with E-state index in [1.54, 1.807) is 29.3 Å². The van der Waals surface area contributed by atoms with E-state index in [4.69, 9.17) is 21.1 Å². The Morgan fingerprint density at radius 3 is 2.55 bits per heavy atom. The number of carbonyl (C=O) groups excluding carboxylic acids is 2. The van der Waals surface area contributed by atoms with Gasteiger partial charge in [0.1, 0.15) is 10.9 Å². The lowest BCUT2D eigenvalue weighted by Crippen LogP contribution is -2.27. The van der Waals surface area contributed by atoms with Crippen molar-refractivity contribution in [2.45, 2.75) is 20.0 Å². The molecular weight excluding hydrogens is 596 g/mol. The van der Waals surface area contributed by atoms with Crippen molar-refractivity contribution in [3.8, 4) is 22.6 Å². The third-order valence-corrected chi connectivity index (χ3v) is 7.47. The maximum absolute atomic E-state index is 13.3. The van der Waals surface area contributed by atoms with E-state index < -0.39 is 0 Å². The summed E-state index contributed by atoms with van der Waals surface area (Å²) < 4.78 is 11.5. The van der Waals surface area contributed by atoms with Crippen LogP contribution in [-0.2, 0) is 13.1 Å². The SMILES string of the molecule is COc1cnc(Cl)cc1-c1cc(C)ncc1C(=O)Nc1nc2c(s1)CN(C(=O)c1ncc(Br)cc1OC)C2. The molecule has 5 rings (SSSR count). The number of pyridine rings is 3. The summed E-state index contributed by atoms with van der Waals surface area (Å²) >= 11 is 10.8. The first-order valence-electron chi connectivity index (χ1n) is 11.2. The lowest BCUT2D eigenvalue weighted by atomic mass is 10.0. The Bertz CT molecular complexity index is 1560. The highest BCUT2D eigenvalue weighted by Crippen LogP contribution is 2.36. The van der Waals surface area contributed by atoms with Crippen LogP contribution in [0.2, 0.25) is 5.15 Å². The van der Waals surface area contributed by atoms with Crippen LogP contribution in [-0.4, -0.2) is 50.9 Å². The molecule has 0 saturated carbocycles. The summed E-state index contributed by atoms with van der Waals surface area (Å²) in [6, 6.07) is 5.13. The molecule has 4 aromatic heterocycles. The van der Waals surface area contributed by atoms with Gasteiger partial charge in [-0.05, 0) is 41.1 Å². The van der Waals surface area contributed by atoms with Crippen molar-refractivity contribution in [2.24, 2.45) is 0 Å². The first-order chi connectivity index (χ1) is 18.3. The van der Waals surface area contributed by atoms with Crippen molar-refractivity contribution in [1.29, 1.82) is 0 Å². The summed E-state index contributed by atoms with van der Waals surface area (Å²) in [5.74, 6) is 0.219. The van der Waals surface area contributed by atoms with E-state index in [0.717, 1.165) is 16.3 Å². The molecule has 0 radical (unpaired) electrons. The molecule has 194 valence electrons. The fourth-order valence-electron chi connectivity index (χ4n) is 4.04. The minimum atomic E-state index is -0.383. The molecule has 0 atom stereocenters. The van der Waals surface area contributed by atoms with Gasteiger partial charge in [0.25, 0.3) is 11.8 Å². The van der Waals surface area contributed by atoms with Gasteiger partial charge in [0.2, 0.25) is 0 Å². The van der Waals surface area contributed by atoms with Gasteiger partial charge in [-0.3, -0.25) is 19.9 Å². The quantitative estimate of drug-likeness (QED) is 0.296. The maximum Gasteiger partial charge on any atom is 0.276 e. The van der Waals surface area contributed by atoms with Crippen LogP contribution in [0.1, 0.15) is 37.1 Å². The van der Waals surface area contributed by atoms with Gasteiger partial charge in [-0.15, -0.1) is 0 Å². The molecule has 0 bridgehead atoms. The Hall–Kier alpha value is -3.61. The molecule has 13 heteroatoms. The average molecular weight is 616 g/mol. The molecule has 10 nitrogen and oxygen atoms in total. The highest BCUT2D eigenvalue weighted by molar-refractivity contribution is 9.10. The van der Waals surface area contributed by atoms with Crippen LogP contribution in [0.5, 0.6) is 11.5 Å². The molecule has 0 saturated heterocycles. The summed E-state index contributed by atoms with van der Waals surface area (Å²) in [7, 11) is 3.02. The van der Waals surface area contributed by atoms with E-state index in [0.29, 0.717) is 50.9 Å². The number of nitrogens with zero attached hydrogens (tertiary/aromatic N) is 5. The molecule has 5 heterocycles. The van der Waals surface area contributed by atoms with Gasteiger partial charge < -0.3 is 14.4 Å². The molecule has 2 amide bonds. The second-order valence-corrected chi connectivity index (χ2v) is 10.7. The number of hydrogen-bond donors (Lipinski definition) is 1. The minimum Gasteiger partial charge on any atom is -0.494 e. The van der Waals surface area contributed by atoms with Crippen LogP contribution in [0.4, 0.5) is 5.13 Å². The Balaban J connectivity index is 1.35. The Kier molecular flexibility index (Phi) is 7.28. The van der Waals surface area contributed by atoms with Crippen molar-refractivity contribution in [1.82, 2.24) is 24.8 Å². The normalized spacial score (nSPS) is 12.3. The third-order valence-electron chi connectivity index (χ3n) is 5.83. The van der Waals surface area contributed by atoms with Crippen LogP contribution in [0.3, 0.4) is 0 Å². The zero-order valence-electron chi connectivity index (χ0n) is 20.4. The van der Waals surface area contributed by atoms with E-state index in [-0.39, 0.29) is 22.7 Å². The number of fused-ring (bicyclic) bond motifs is 1. The zero-order valence-corrected chi connectivity index (χ0v) is 23.6. The first-order valence-corrected chi connectivity index (χ1v) is 13.2. The van der Waals surface area contributed by atoms with Crippen molar-refractivity contribution in [2.75, 3.05) is 19.5 Å². The second-order valence-electron chi connectivity index (χ2n) is 8.29. The molecule has 0 unspecified atom stereocenters. The molecule has 0 spiro atoms. The summed E-state index contributed by atoms with van der Waals surface area (Å²) in [6.07, 6.45) is 4.57. The summed E-state index contributed by atoms with van der Waals surface area (Å²) in [5.41, 5.74) is 3.23. The van der Waals surface area contributed by atoms with Gasteiger partial charge in [0.15, 0.2) is 16.6 Å². The van der Waals surface area contributed by atoms with E-state index in [1.807, 2.05) is 6.92 Å². The second kappa shape index (κ2) is 10.6. The Labute approximate surface area is 235 Å². The van der Waals surface area contributed by atoms with Gasteiger partial charge >= 0.3 is 0 Å². The van der Waals surface area contributed by atoms with Crippen molar-refractivity contribution >= 4 is 55.8 Å². The molecule has 1 aliphatic rings. The van der Waals surface area contributed by atoms with Crippen molar-refractivity contribution in [3.05, 3.63) is 73.9 Å². The summed E-state index contributed by atoms with van der Waals surface area (Å²) in [4.78, 5) is 46.1. The van der Waals surface area contributed by atoms with Gasteiger partial charge in [-0.2, -0.15) is 0 Å². The topological polar surface area (TPSA) is 119 Å². The van der Waals surface area contributed by atoms with E-state index >= 15 is 0 Å². The van der Waals surface area contributed by atoms with Crippen LogP contribution in [0.25, 0.3) is 11.1 Å². The lowest BCUT2D eigenvalue weighted by molar-refractivity contribution is 0.0741. The maximum atomic E-state index is 13.3. The molecule has 0 aliphatic carbocycles. The number of anilines is 1. The minimum absolute atomic E-state index is 0.227. The standard InChI is InChI=1S/C25H20BrClN6O4S/c1-12-4-14(15-6-21(27)29-9-19(15)37-3)16(8-28-12)23(34)32-25-31-17-10-33(11-20(17)38-25)24(35)22-18(36-2)5-13(26)7-30-22/h4-9H,10-11H2,1-3H3,(H,31,32,34). The monoisotopic (exact) mass is 614 g/mol.